The molecule has 0 aliphatic carbocycles. The lowest BCUT2D eigenvalue weighted by atomic mass is 9.72. The van der Waals surface area contributed by atoms with Gasteiger partial charge in [0.05, 0.1) is 0 Å². The van der Waals surface area contributed by atoms with Gasteiger partial charge in [0.1, 0.15) is 4.75 Å². The van der Waals surface area contributed by atoms with Crippen molar-refractivity contribution in [2.75, 3.05) is 39.1 Å². The molecule has 0 radical (unpaired) electrons. The second-order valence-electron chi connectivity index (χ2n) is 13.9. The molecule has 0 saturated carbocycles. The smallest absolute Gasteiger partial charge is 0.306 e. The van der Waals surface area contributed by atoms with E-state index in [-0.39, 0.29) is 24.4 Å². The molecule has 10 nitrogen and oxygen atoms in total. The molecule has 5 aliphatic heterocycles. The Balaban J connectivity index is 1.35. The first-order valence-corrected chi connectivity index (χ1v) is 18.7. The van der Waals surface area contributed by atoms with E-state index in [0.29, 0.717) is 11.7 Å². The zero-order valence-corrected chi connectivity index (χ0v) is 31.3. The monoisotopic (exact) mass is 773 g/mol. The number of likely N-dealkylation sites (tertiary alicyclic amines) is 1. The van der Waals surface area contributed by atoms with Crippen LogP contribution in [0.4, 0.5) is 10.5 Å². The highest BCUT2D eigenvalue weighted by atomic mass is 79.9. The zero-order chi connectivity index (χ0) is 36.2. The largest absolute Gasteiger partial charge is 0.323 e. The van der Waals surface area contributed by atoms with Crippen molar-refractivity contribution in [1.82, 2.24) is 25.1 Å². The van der Waals surface area contributed by atoms with Crippen LogP contribution in [0.3, 0.4) is 0 Å². The van der Waals surface area contributed by atoms with E-state index in [1.54, 1.807) is 34.9 Å². The molecule has 5 aliphatic rings. The van der Waals surface area contributed by atoms with Crippen LogP contribution in [0.5, 0.6) is 0 Å². The van der Waals surface area contributed by atoms with Gasteiger partial charge in [0.25, 0.3) is 11.8 Å². The minimum Gasteiger partial charge on any atom is -0.306 e. The summed E-state index contributed by atoms with van der Waals surface area (Å²) < 4.78 is -0.502. The van der Waals surface area contributed by atoms with Gasteiger partial charge in [0, 0.05) is 54.4 Å². The fraction of sp³-hybridized carbons (Fsp3) is 0.250. The first kappa shape index (κ1) is 33.1. The second-order valence-corrected chi connectivity index (χ2v) is 16.0. The number of rotatable bonds is 5. The molecule has 3 fully saturated rings. The summed E-state index contributed by atoms with van der Waals surface area (Å²) in [5.74, 6) is -0.919. The van der Waals surface area contributed by atoms with Crippen LogP contribution < -0.4 is 10.3 Å². The summed E-state index contributed by atoms with van der Waals surface area (Å²) >= 11 is 4.92. The highest BCUT2D eigenvalue weighted by Crippen LogP contribution is 2.68. The maximum atomic E-state index is 16.0. The van der Waals surface area contributed by atoms with Gasteiger partial charge >= 0.3 is 6.03 Å². The summed E-state index contributed by atoms with van der Waals surface area (Å²) in [4.78, 5) is 58.3. The fourth-order valence-corrected chi connectivity index (χ4v) is 11.5. The maximum Gasteiger partial charge on any atom is 0.323 e. The van der Waals surface area contributed by atoms with E-state index in [4.69, 9.17) is 4.99 Å². The number of benzene rings is 4. The van der Waals surface area contributed by atoms with Crippen molar-refractivity contribution >= 4 is 56.4 Å². The number of amides is 4. The number of halogens is 1. The molecule has 262 valence electrons. The van der Waals surface area contributed by atoms with E-state index in [2.05, 4.69) is 32.8 Å². The number of para-hydroxylation sites is 1. The summed E-state index contributed by atoms with van der Waals surface area (Å²) in [7, 11) is 5.44. The van der Waals surface area contributed by atoms with E-state index in [1.165, 1.54) is 16.8 Å². The summed E-state index contributed by atoms with van der Waals surface area (Å²) in [6, 6.07) is 35.0. The Labute approximate surface area is 314 Å². The summed E-state index contributed by atoms with van der Waals surface area (Å²) in [5, 5.41) is 1.92. The van der Waals surface area contributed by atoms with Crippen molar-refractivity contribution in [1.29, 1.82) is 0 Å². The molecule has 5 atom stereocenters. The molecule has 3 saturated heterocycles. The number of aliphatic imine (C=N–C) groups is 1. The molecule has 4 aromatic carbocycles. The summed E-state index contributed by atoms with van der Waals surface area (Å²) in [5.41, 5.74) is 3.54. The molecule has 52 heavy (non-hydrogen) atoms. The predicted molar refractivity (Wildman–Crippen MR) is 205 cm³/mol. The molecule has 2 spiro atoms. The van der Waals surface area contributed by atoms with Gasteiger partial charge < -0.3 is 4.90 Å². The molecule has 9 rings (SSSR count). The van der Waals surface area contributed by atoms with Gasteiger partial charge in [0.15, 0.2) is 16.4 Å². The third-order valence-electron chi connectivity index (χ3n) is 11.7. The zero-order valence-electron chi connectivity index (χ0n) is 28.9. The van der Waals surface area contributed by atoms with E-state index in [9.17, 15) is 4.79 Å². The number of hydrazine groups is 1. The molecule has 3 unspecified atom stereocenters. The predicted octanol–water partition coefficient (Wildman–Crippen LogP) is 5.80. The number of hydrogen-bond acceptors (Lipinski definition) is 7. The van der Waals surface area contributed by atoms with Crippen LogP contribution in [0.1, 0.15) is 28.2 Å². The topological polar surface area (TPSA) is 91.8 Å². The minimum atomic E-state index is -1.42. The Morgan fingerprint density at radius 3 is 2.15 bits per heavy atom. The van der Waals surface area contributed by atoms with Crippen molar-refractivity contribution in [2.24, 2.45) is 4.99 Å². The lowest BCUT2D eigenvalue weighted by Crippen LogP contribution is -2.72. The number of amidine groups is 1. The van der Waals surface area contributed by atoms with Gasteiger partial charge in [0.2, 0.25) is 5.66 Å². The molecule has 0 aromatic heterocycles. The van der Waals surface area contributed by atoms with Crippen LogP contribution in [-0.2, 0) is 26.5 Å². The molecule has 1 N–H and O–H groups in total. The van der Waals surface area contributed by atoms with Crippen LogP contribution in [0.15, 0.2) is 131 Å². The van der Waals surface area contributed by atoms with Gasteiger partial charge in [-0.05, 0) is 36.4 Å². The number of carbonyl (C=O) groups excluding carboxylic acids is 3. The van der Waals surface area contributed by atoms with Crippen molar-refractivity contribution < 1.29 is 14.4 Å². The number of likely N-dealkylation sites (N-methyl/N-ethyl adjacent to an activating group) is 3. The van der Waals surface area contributed by atoms with E-state index in [1.807, 2.05) is 116 Å². The Morgan fingerprint density at radius 1 is 0.846 bits per heavy atom. The number of urea groups is 1. The summed E-state index contributed by atoms with van der Waals surface area (Å²) in [6.07, 6.45) is 1.72. The average Bonchev–Trinajstić information content (AvgIpc) is 3.76. The first-order valence-electron chi connectivity index (χ1n) is 17.1. The SMILES string of the molecule is C=CCN1C(=O)C2(c3ccccc31)N(C)CC(c1ccc(Br)cc1)C21SC2=N[C@]3(c4ccccc4)N(C)C(=O)N(C)[C@]3(c3ccccc3)NN2C1=O. The lowest BCUT2D eigenvalue weighted by molar-refractivity contribution is -0.145. The van der Waals surface area contributed by atoms with Crippen molar-refractivity contribution in [3.63, 3.8) is 0 Å². The molecule has 5 heterocycles. The van der Waals surface area contributed by atoms with Crippen LogP contribution >= 0.6 is 27.7 Å². The molecule has 0 bridgehead atoms. The van der Waals surface area contributed by atoms with Gasteiger partial charge in [-0.2, -0.15) is 5.43 Å². The van der Waals surface area contributed by atoms with Gasteiger partial charge in [-0.1, -0.05) is 125 Å². The van der Waals surface area contributed by atoms with Crippen LogP contribution in [0.25, 0.3) is 0 Å². The molecule has 4 amide bonds. The highest BCUT2D eigenvalue weighted by molar-refractivity contribution is 9.10. The third kappa shape index (κ3) is 3.72. The van der Waals surface area contributed by atoms with Gasteiger partial charge in [-0.25, -0.2) is 14.8 Å². The van der Waals surface area contributed by atoms with Crippen molar-refractivity contribution in [3.8, 4) is 0 Å². The van der Waals surface area contributed by atoms with Gasteiger partial charge in [-0.3, -0.25) is 24.3 Å². The molecular weight excluding hydrogens is 738 g/mol. The normalized spacial score (nSPS) is 30.7. The molecular formula is C40H36BrN7O3S. The van der Waals surface area contributed by atoms with E-state index < -0.39 is 27.5 Å². The maximum absolute atomic E-state index is 16.0. The Kier molecular flexibility index (Phi) is 7.24. The molecule has 4 aromatic rings. The first-order chi connectivity index (χ1) is 25.1. The number of fused-ring (bicyclic) bond motifs is 5. The number of anilines is 1. The molecule has 12 heteroatoms. The minimum absolute atomic E-state index is 0.183. The van der Waals surface area contributed by atoms with Gasteiger partial charge in [-0.15, -0.1) is 6.58 Å². The van der Waals surface area contributed by atoms with E-state index in [0.717, 1.165) is 32.4 Å². The van der Waals surface area contributed by atoms with E-state index >= 15 is 9.59 Å². The number of nitrogens with zero attached hydrogens (tertiary/aromatic N) is 6. The Hall–Kier alpha value is -4.75. The lowest BCUT2D eigenvalue weighted by Gasteiger charge is -2.51. The van der Waals surface area contributed by atoms with Crippen LogP contribution in [0, 0.1) is 0 Å². The van der Waals surface area contributed by atoms with Crippen molar-refractivity contribution in [3.05, 3.63) is 149 Å². The fourth-order valence-electron chi connectivity index (χ4n) is 9.56. The number of nitrogens with one attached hydrogen (secondary N) is 1. The standard InChI is InChI=1S/C40H36BrN7O3S/c1-5-24-47-32-19-13-12-18-30(32)37(33(47)49)38(31(25-44(37)2)26-20-22-29(41)23-21-26)34(50)48-35(52-38)42-39(27-14-8-6-9-15-27)40(43-48,28-16-10-7-11-17-28)46(4)36(51)45(39)3/h5-23,31,43H,1,24-25H2,2-4H3/t31?,37?,38?,39-,40+/m1/s1. The number of thioether (sulfide) groups is 1. The van der Waals surface area contributed by atoms with Crippen LogP contribution in [0.2, 0.25) is 0 Å². The number of hydrogen-bond donors (Lipinski definition) is 1. The summed E-state index contributed by atoms with van der Waals surface area (Å²) in [6.45, 7) is 4.68. The van der Waals surface area contributed by atoms with Crippen LogP contribution in [-0.4, -0.2) is 81.7 Å². The second kappa shape index (κ2) is 11.4. The Morgan fingerprint density at radius 2 is 1.48 bits per heavy atom. The number of carbonyl (C=O) groups is 3. The van der Waals surface area contributed by atoms with Crippen molar-refractivity contribution in [2.45, 2.75) is 27.5 Å². The third-order valence-corrected chi connectivity index (χ3v) is 13.8. The quantitative estimate of drug-likeness (QED) is 0.258. The average molecular weight is 775 g/mol. The highest BCUT2D eigenvalue weighted by Gasteiger charge is 2.81. The Bertz CT molecular complexity index is 2210.